The number of fused-ring (bicyclic) bond motifs is 1. The van der Waals surface area contributed by atoms with Gasteiger partial charge in [0, 0.05) is 24.8 Å². The van der Waals surface area contributed by atoms with Gasteiger partial charge in [0.1, 0.15) is 0 Å². The molecule has 1 heterocycles. The van der Waals surface area contributed by atoms with E-state index in [9.17, 15) is 9.59 Å². The van der Waals surface area contributed by atoms with Crippen LogP contribution in [0.4, 0.5) is 5.69 Å². The van der Waals surface area contributed by atoms with Crippen molar-refractivity contribution < 1.29 is 9.59 Å². The lowest BCUT2D eigenvalue weighted by Gasteiger charge is -2.16. The maximum atomic E-state index is 12.3. The van der Waals surface area contributed by atoms with Crippen molar-refractivity contribution in [1.29, 1.82) is 0 Å². The molecule has 0 unspecified atom stereocenters. The number of nitrogens with one attached hydrogen (secondary N) is 1. The summed E-state index contributed by atoms with van der Waals surface area (Å²) in [5.74, 6) is 0.00120. The molecular weight excluding hydrogens is 300 g/mol. The quantitative estimate of drug-likeness (QED) is 0.943. The largest absolute Gasteiger partial charge is 0.348 e. The molecule has 1 aliphatic rings. The summed E-state index contributed by atoms with van der Waals surface area (Å²) in [4.78, 5) is 26.2. The molecule has 24 heavy (non-hydrogen) atoms. The number of hydrogen-bond donors (Lipinski definition) is 1. The van der Waals surface area contributed by atoms with Crippen LogP contribution in [0.25, 0.3) is 0 Å². The zero-order valence-corrected chi connectivity index (χ0v) is 14.5. The highest BCUT2D eigenvalue weighted by Crippen LogP contribution is 2.40. The first-order valence-electron chi connectivity index (χ1n) is 8.07. The predicted molar refractivity (Wildman–Crippen MR) is 95.2 cm³/mol. The summed E-state index contributed by atoms with van der Waals surface area (Å²) in [5, 5.41) is 2.94. The number of aryl methyl sites for hydroxylation is 1. The van der Waals surface area contributed by atoms with Crippen LogP contribution in [0.1, 0.15) is 40.9 Å². The molecule has 0 saturated heterocycles. The van der Waals surface area contributed by atoms with Gasteiger partial charge in [0.25, 0.3) is 5.91 Å². The second-order valence-corrected chi connectivity index (χ2v) is 6.89. The van der Waals surface area contributed by atoms with Crippen LogP contribution in [-0.4, -0.2) is 18.9 Å². The molecule has 0 bridgehead atoms. The van der Waals surface area contributed by atoms with Crippen molar-refractivity contribution in [3.8, 4) is 0 Å². The van der Waals surface area contributed by atoms with E-state index in [4.69, 9.17) is 0 Å². The Morgan fingerprint density at radius 2 is 1.79 bits per heavy atom. The van der Waals surface area contributed by atoms with Crippen LogP contribution < -0.4 is 10.2 Å². The fourth-order valence-electron chi connectivity index (χ4n) is 3.12. The highest BCUT2D eigenvalue weighted by molar-refractivity contribution is 6.07. The predicted octanol–water partition coefficient (Wildman–Crippen LogP) is 3.18. The highest BCUT2D eigenvalue weighted by atomic mass is 16.2. The Kier molecular flexibility index (Phi) is 3.91. The third-order valence-electron chi connectivity index (χ3n) is 4.70. The van der Waals surface area contributed by atoms with Crippen LogP contribution in [0.2, 0.25) is 0 Å². The number of rotatable bonds is 3. The van der Waals surface area contributed by atoms with Crippen LogP contribution >= 0.6 is 0 Å². The molecule has 4 nitrogen and oxygen atoms in total. The number of carbonyl (C=O) groups excluding carboxylic acids is 2. The molecule has 0 aromatic heterocycles. The number of nitrogens with zero attached hydrogens (tertiary/aromatic N) is 1. The summed E-state index contributed by atoms with van der Waals surface area (Å²) in [6.45, 7) is 6.30. The summed E-state index contributed by atoms with van der Waals surface area (Å²) in [6.07, 6.45) is 0. The summed E-state index contributed by atoms with van der Waals surface area (Å²) in [6, 6.07) is 13.4. The van der Waals surface area contributed by atoms with E-state index in [0.717, 1.165) is 22.4 Å². The van der Waals surface area contributed by atoms with E-state index in [1.165, 1.54) is 0 Å². The van der Waals surface area contributed by atoms with Gasteiger partial charge in [0.05, 0.1) is 5.41 Å². The van der Waals surface area contributed by atoms with Crippen molar-refractivity contribution in [1.82, 2.24) is 5.32 Å². The van der Waals surface area contributed by atoms with E-state index in [1.807, 2.05) is 63.2 Å². The molecule has 2 amide bonds. The van der Waals surface area contributed by atoms with Gasteiger partial charge in [-0.05, 0) is 50.1 Å². The molecule has 4 heteroatoms. The molecule has 0 radical (unpaired) electrons. The van der Waals surface area contributed by atoms with Crippen LogP contribution in [0.3, 0.4) is 0 Å². The van der Waals surface area contributed by atoms with Gasteiger partial charge < -0.3 is 10.2 Å². The molecular formula is C20H22N2O2. The fourth-order valence-corrected chi connectivity index (χ4v) is 3.12. The molecule has 1 aliphatic heterocycles. The number of anilines is 1. The van der Waals surface area contributed by atoms with Crippen LogP contribution in [-0.2, 0) is 16.8 Å². The molecule has 3 rings (SSSR count). The Morgan fingerprint density at radius 3 is 2.46 bits per heavy atom. The van der Waals surface area contributed by atoms with Crippen LogP contribution in [0.5, 0.6) is 0 Å². The topological polar surface area (TPSA) is 49.4 Å². The van der Waals surface area contributed by atoms with Crippen molar-refractivity contribution >= 4 is 17.5 Å². The molecule has 0 fully saturated rings. The van der Waals surface area contributed by atoms with Crippen LogP contribution in [0.15, 0.2) is 42.5 Å². The van der Waals surface area contributed by atoms with Crippen molar-refractivity contribution in [2.75, 3.05) is 11.9 Å². The lowest BCUT2D eigenvalue weighted by atomic mass is 9.85. The van der Waals surface area contributed by atoms with Crippen LogP contribution in [0, 0.1) is 6.92 Å². The maximum Gasteiger partial charge on any atom is 0.251 e. The minimum atomic E-state index is -0.527. The van der Waals surface area contributed by atoms with Gasteiger partial charge in [-0.3, -0.25) is 9.59 Å². The first-order chi connectivity index (χ1) is 11.3. The van der Waals surface area contributed by atoms with Gasteiger partial charge in [-0.15, -0.1) is 0 Å². The van der Waals surface area contributed by atoms with Gasteiger partial charge in [0.2, 0.25) is 5.91 Å². The number of amides is 2. The van der Waals surface area contributed by atoms with E-state index < -0.39 is 5.41 Å². The standard InChI is InChI=1S/C20H22N2O2/c1-13-5-8-15(9-6-13)18(23)21-12-14-7-10-17-16(11-14)20(2,3)19(24)22(17)4/h5-11H,12H2,1-4H3,(H,21,23). The van der Waals surface area contributed by atoms with Gasteiger partial charge in [-0.2, -0.15) is 0 Å². The number of likely N-dealkylation sites (N-methyl/N-ethyl adjacent to an activating group) is 1. The summed E-state index contributed by atoms with van der Waals surface area (Å²) in [5.41, 5.74) is 4.19. The zero-order valence-electron chi connectivity index (χ0n) is 14.5. The smallest absolute Gasteiger partial charge is 0.251 e. The minimum absolute atomic E-state index is 0.0945. The van der Waals surface area contributed by atoms with Gasteiger partial charge >= 0.3 is 0 Å². The average Bonchev–Trinajstić information content (AvgIpc) is 2.74. The van der Waals surface area contributed by atoms with Gasteiger partial charge in [-0.1, -0.05) is 29.8 Å². The SMILES string of the molecule is Cc1ccc(C(=O)NCc2ccc3c(c2)C(C)(C)C(=O)N3C)cc1. The van der Waals surface area contributed by atoms with Gasteiger partial charge in [-0.25, -0.2) is 0 Å². The molecule has 0 atom stereocenters. The Balaban J connectivity index is 1.76. The van der Waals surface area contributed by atoms with Crippen molar-refractivity contribution in [2.24, 2.45) is 0 Å². The molecule has 2 aromatic carbocycles. The lowest BCUT2D eigenvalue weighted by Crippen LogP contribution is -2.33. The van der Waals surface area contributed by atoms with E-state index in [1.54, 1.807) is 11.9 Å². The lowest BCUT2D eigenvalue weighted by molar-refractivity contribution is -0.121. The molecule has 124 valence electrons. The van der Waals surface area contributed by atoms with Crippen molar-refractivity contribution in [3.63, 3.8) is 0 Å². The molecule has 0 spiro atoms. The van der Waals surface area contributed by atoms with E-state index >= 15 is 0 Å². The Hall–Kier alpha value is -2.62. The molecule has 0 aliphatic carbocycles. The molecule has 1 N–H and O–H groups in total. The Morgan fingerprint density at radius 1 is 1.12 bits per heavy atom. The fraction of sp³-hybridized carbons (Fsp3) is 0.300. The third kappa shape index (κ3) is 2.68. The van der Waals surface area contributed by atoms with E-state index in [-0.39, 0.29) is 11.8 Å². The second-order valence-electron chi connectivity index (χ2n) is 6.89. The first-order valence-corrected chi connectivity index (χ1v) is 8.07. The Labute approximate surface area is 142 Å². The number of carbonyl (C=O) groups is 2. The normalized spacial score (nSPS) is 15.3. The van der Waals surface area contributed by atoms with E-state index in [0.29, 0.717) is 12.1 Å². The van der Waals surface area contributed by atoms with E-state index in [2.05, 4.69) is 5.32 Å². The summed E-state index contributed by atoms with van der Waals surface area (Å²) < 4.78 is 0. The van der Waals surface area contributed by atoms with Crippen molar-refractivity contribution in [3.05, 3.63) is 64.7 Å². The highest BCUT2D eigenvalue weighted by Gasteiger charge is 2.42. The Bertz CT molecular complexity index is 807. The maximum absolute atomic E-state index is 12.3. The monoisotopic (exact) mass is 322 g/mol. The summed E-state index contributed by atoms with van der Waals surface area (Å²) >= 11 is 0. The zero-order chi connectivity index (χ0) is 17.5. The first kappa shape index (κ1) is 16.2. The van der Waals surface area contributed by atoms with Gasteiger partial charge in [0.15, 0.2) is 0 Å². The number of hydrogen-bond acceptors (Lipinski definition) is 2. The molecule has 2 aromatic rings. The third-order valence-corrected chi connectivity index (χ3v) is 4.70. The summed E-state index contributed by atoms with van der Waals surface area (Å²) in [7, 11) is 1.80. The average molecular weight is 322 g/mol. The second kappa shape index (κ2) is 5.78. The minimum Gasteiger partial charge on any atom is -0.348 e. The molecule has 0 saturated carbocycles. The van der Waals surface area contributed by atoms with Crippen molar-refractivity contribution in [2.45, 2.75) is 32.7 Å². The number of benzene rings is 2.